The second-order valence-corrected chi connectivity index (χ2v) is 9.87. The van der Waals surface area contributed by atoms with Gasteiger partial charge < -0.3 is 4.74 Å². The first kappa shape index (κ1) is 22.3. The molecule has 0 saturated heterocycles. The molecule has 1 aliphatic rings. The molecule has 0 amide bonds. The third-order valence-corrected chi connectivity index (χ3v) is 7.11. The summed E-state index contributed by atoms with van der Waals surface area (Å²) in [5, 5.41) is 10.9. The second-order valence-electron chi connectivity index (χ2n) is 7.24. The van der Waals surface area contributed by atoms with Gasteiger partial charge in [-0.25, -0.2) is 13.1 Å². The van der Waals surface area contributed by atoms with E-state index in [1.807, 2.05) is 60.7 Å². The van der Waals surface area contributed by atoms with E-state index in [9.17, 15) is 18.5 Å². The van der Waals surface area contributed by atoms with E-state index >= 15 is 0 Å². The molecule has 0 aliphatic heterocycles. The minimum absolute atomic E-state index is 0.0539. The number of nitro benzene ring substituents is 1. The van der Waals surface area contributed by atoms with E-state index in [1.165, 1.54) is 24.3 Å². The lowest BCUT2D eigenvalue weighted by atomic mass is 9.91. The van der Waals surface area contributed by atoms with Gasteiger partial charge in [-0.15, -0.1) is 0 Å². The smallest absolute Gasteiger partial charge is 0.269 e. The fraction of sp³-hybridized carbons (Fsp3) is 0.130. The first-order valence-electron chi connectivity index (χ1n) is 9.73. The van der Waals surface area contributed by atoms with Crippen molar-refractivity contribution in [3.8, 4) is 0 Å². The summed E-state index contributed by atoms with van der Waals surface area (Å²) in [6.45, 7) is 0.306. The maximum absolute atomic E-state index is 13.1. The standard InChI is InChI=1S/C23H19BrN2O5S/c24-18-8-5-16(6-9-18)15-31-22-14-7-17-3-1-2-4-21(17)23(22)25-32(29,30)20-12-10-19(11-13-20)26(27)28/h1-14,22-23,25H,15H2/t22-,23-/m1/s1. The highest BCUT2D eigenvalue weighted by molar-refractivity contribution is 9.10. The van der Waals surface area contributed by atoms with Crippen LogP contribution in [0.3, 0.4) is 0 Å². The van der Waals surface area contributed by atoms with Crippen LogP contribution in [0.4, 0.5) is 5.69 Å². The summed E-state index contributed by atoms with van der Waals surface area (Å²) >= 11 is 3.40. The minimum atomic E-state index is -3.96. The molecule has 2 atom stereocenters. The van der Waals surface area contributed by atoms with Gasteiger partial charge in [0.25, 0.3) is 5.69 Å². The largest absolute Gasteiger partial charge is 0.367 e. The molecule has 32 heavy (non-hydrogen) atoms. The molecule has 164 valence electrons. The number of hydrogen-bond acceptors (Lipinski definition) is 5. The molecule has 0 unspecified atom stereocenters. The molecule has 3 aromatic rings. The number of sulfonamides is 1. The Labute approximate surface area is 194 Å². The van der Waals surface area contributed by atoms with Crippen molar-refractivity contribution >= 4 is 37.7 Å². The third kappa shape index (κ3) is 4.97. The van der Waals surface area contributed by atoms with Crippen molar-refractivity contribution in [1.82, 2.24) is 4.72 Å². The van der Waals surface area contributed by atoms with Crippen molar-refractivity contribution in [2.75, 3.05) is 0 Å². The number of nitrogens with one attached hydrogen (secondary N) is 1. The maximum Gasteiger partial charge on any atom is 0.269 e. The number of non-ortho nitro benzene ring substituents is 1. The van der Waals surface area contributed by atoms with Gasteiger partial charge in [-0.2, -0.15) is 0 Å². The Morgan fingerprint density at radius 1 is 1.00 bits per heavy atom. The zero-order valence-electron chi connectivity index (χ0n) is 16.7. The van der Waals surface area contributed by atoms with Gasteiger partial charge in [0.1, 0.15) is 0 Å². The molecule has 0 heterocycles. The molecule has 0 saturated carbocycles. The molecule has 0 spiro atoms. The van der Waals surface area contributed by atoms with Crippen molar-refractivity contribution < 1.29 is 18.1 Å². The molecule has 0 bridgehead atoms. The first-order valence-corrected chi connectivity index (χ1v) is 12.0. The normalized spacial score (nSPS) is 17.7. The number of hydrogen-bond donors (Lipinski definition) is 1. The number of ether oxygens (including phenoxy) is 1. The zero-order chi connectivity index (χ0) is 22.7. The van der Waals surface area contributed by atoms with E-state index < -0.39 is 27.1 Å². The van der Waals surface area contributed by atoms with Crippen molar-refractivity contribution in [3.05, 3.63) is 110 Å². The van der Waals surface area contributed by atoms with Crippen LogP contribution in [0.15, 0.2) is 88.2 Å². The quantitative estimate of drug-likeness (QED) is 0.353. The Bertz CT molecular complexity index is 1260. The van der Waals surface area contributed by atoms with Crippen LogP contribution in [-0.4, -0.2) is 19.4 Å². The minimum Gasteiger partial charge on any atom is -0.367 e. The predicted octanol–water partition coefficient (Wildman–Crippen LogP) is 4.99. The summed E-state index contributed by atoms with van der Waals surface area (Å²) in [5.41, 5.74) is 2.47. The highest BCUT2D eigenvalue weighted by Crippen LogP contribution is 2.32. The molecule has 4 rings (SSSR count). The van der Waals surface area contributed by atoms with Gasteiger partial charge in [-0.1, -0.05) is 64.5 Å². The number of halogens is 1. The van der Waals surface area contributed by atoms with Crippen molar-refractivity contribution in [3.63, 3.8) is 0 Å². The Kier molecular flexibility index (Phi) is 6.52. The van der Waals surface area contributed by atoms with Gasteiger partial charge >= 0.3 is 0 Å². The van der Waals surface area contributed by atoms with E-state index in [0.29, 0.717) is 6.61 Å². The van der Waals surface area contributed by atoms with Crippen LogP contribution in [-0.2, 0) is 21.4 Å². The van der Waals surface area contributed by atoms with Crippen LogP contribution >= 0.6 is 15.9 Å². The fourth-order valence-corrected chi connectivity index (χ4v) is 4.96. The lowest BCUT2D eigenvalue weighted by Crippen LogP contribution is -2.38. The molecule has 1 aliphatic carbocycles. The molecule has 3 aromatic carbocycles. The zero-order valence-corrected chi connectivity index (χ0v) is 19.1. The lowest BCUT2D eigenvalue weighted by Gasteiger charge is -2.30. The molecular weight excluding hydrogens is 496 g/mol. The van der Waals surface area contributed by atoms with E-state index in [2.05, 4.69) is 20.7 Å². The molecule has 9 heteroatoms. The Balaban J connectivity index is 1.60. The van der Waals surface area contributed by atoms with Crippen LogP contribution in [0.2, 0.25) is 0 Å². The van der Waals surface area contributed by atoms with Crippen LogP contribution in [0.5, 0.6) is 0 Å². The Morgan fingerprint density at radius 2 is 1.69 bits per heavy atom. The molecule has 1 N–H and O–H groups in total. The van der Waals surface area contributed by atoms with E-state index in [0.717, 1.165) is 21.2 Å². The van der Waals surface area contributed by atoms with Crippen molar-refractivity contribution in [1.29, 1.82) is 0 Å². The summed E-state index contributed by atoms with van der Waals surface area (Å²) in [6, 6.07) is 19.3. The van der Waals surface area contributed by atoms with Gasteiger partial charge in [-0.3, -0.25) is 10.1 Å². The second kappa shape index (κ2) is 9.33. The number of nitrogens with zero attached hydrogens (tertiary/aromatic N) is 1. The Morgan fingerprint density at radius 3 is 2.38 bits per heavy atom. The highest BCUT2D eigenvalue weighted by atomic mass is 79.9. The first-order chi connectivity index (χ1) is 15.3. The van der Waals surface area contributed by atoms with Crippen molar-refractivity contribution in [2.45, 2.75) is 23.6 Å². The molecule has 0 aromatic heterocycles. The van der Waals surface area contributed by atoms with Crippen LogP contribution in [0, 0.1) is 10.1 Å². The average molecular weight is 515 g/mol. The highest BCUT2D eigenvalue weighted by Gasteiger charge is 2.31. The summed E-state index contributed by atoms with van der Waals surface area (Å²) in [6.07, 6.45) is 3.21. The summed E-state index contributed by atoms with van der Waals surface area (Å²) in [5.74, 6) is 0. The number of rotatable bonds is 7. The summed E-state index contributed by atoms with van der Waals surface area (Å²) in [4.78, 5) is 10.3. The SMILES string of the molecule is O=[N+]([O-])c1ccc(S(=O)(=O)N[C@@H]2c3ccccc3C=C[C@H]2OCc2ccc(Br)cc2)cc1. The van der Waals surface area contributed by atoms with E-state index in [-0.39, 0.29) is 10.6 Å². The number of nitro groups is 1. The average Bonchev–Trinajstić information content (AvgIpc) is 2.79. The Hall–Kier alpha value is -2.85. The van der Waals surface area contributed by atoms with Crippen LogP contribution in [0.1, 0.15) is 22.7 Å². The van der Waals surface area contributed by atoms with Gasteiger partial charge in [0.15, 0.2) is 0 Å². The molecule has 7 nitrogen and oxygen atoms in total. The number of fused-ring (bicyclic) bond motifs is 1. The monoisotopic (exact) mass is 514 g/mol. The van der Waals surface area contributed by atoms with Gasteiger partial charge in [0, 0.05) is 16.6 Å². The maximum atomic E-state index is 13.1. The van der Waals surface area contributed by atoms with Gasteiger partial charge in [0.05, 0.1) is 28.6 Å². The van der Waals surface area contributed by atoms with Crippen molar-refractivity contribution in [2.24, 2.45) is 0 Å². The predicted molar refractivity (Wildman–Crippen MR) is 124 cm³/mol. The fourth-order valence-electron chi connectivity index (χ4n) is 3.47. The van der Waals surface area contributed by atoms with Gasteiger partial charge in [-0.05, 0) is 41.0 Å². The van der Waals surface area contributed by atoms with Gasteiger partial charge in [0.2, 0.25) is 10.0 Å². The van der Waals surface area contributed by atoms with E-state index in [4.69, 9.17) is 4.74 Å². The topological polar surface area (TPSA) is 98.5 Å². The third-order valence-electron chi connectivity index (χ3n) is 5.12. The summed E-state index contributed by atoms with van der Waals surface area (Å²) in [7, 11) is -3.96. The van der Waals surface area contributed by atoms with Crippen LogP contribution < -0.4 is 4.72 Å². The number of benzene rings is 3. The summed E-state index contributed by atoms with van der Waals surface area (Å²) < 4.78 is 35.9. The molecular formula is C23H19BrN2O5S. The molecule has 0 fully saturated rings. The molecule has 0 radical (unpaired) electrons. The van der Waals surface area contributed by atoms with E-state index in [1.54, 1.807) is 0 Å². The lowest BCUT2D eigenvalue weighted by molar-refractivity contribution is -0.384. The van der Waals surface area contributed by atoms with Crippen LogP contribution in [0.25, 0.3) is 6.08 Å².